The SMILES string of the molecule is N#Cc1c(O)c2c(ccn2-c2ccc(-c3cc(C(=O)O)ccc3O)cc2)[nH]c1=O. The van der Waals surface area contributed by atoms with E-state index in [0.717, 1.165) is 0 Å². The summed E-state index contributed by atoms with van der Waals surface area (Å²) < 4.78 is 1.61. The van der Waals surface area contributed by atoms with E-state index >= 15 is 0 Å². The number of benzene rings is 2. The van der Waals surface area contributed by atoms with Crippen LogP contribution in [0.3, 0.4) is 0 Å². The highest BCUT2D eigenvalue weighted by molar-refractivity contribution is 5.90. The lowest BCUT2D eigenvalue weighted by Crippen LogP contribution is -2.10. The molecule has 142 valence electrons. The molecule has 0 spiro atoms. The fourth-order valence-corrected chi connectivity index (χ4v) is 3.21. The van der Waals surface area contributed by atoms with Crippen molar-refractivity contribution < 1.29 is 20.1 Å². The summed E-state index contributed by atoms with van der Waals surface area (Å²) in [5.41, 5.74) is 1.27. The fraction of sp³-hybridized carbons (Fsp3) is 0. The van der Waals surface area contributed by atoms with Gasteiger partial charge in [0.1, 0.15) is 17.3 Å². The first-order chi connectivity index (χ1) is 13.9. The maximum absolute atomic E-state index is 11.8. The third-order valence-electron chi connectivity index (χ3n) is 4.63. The number of carboxylic acids is 1. The van der Waals surface area contributed by atoms with E-state index in [4.69, 9.17) is 10.4 Å². The highest BCUT2D eigenvalue weighted by Crippen LogP contribution is 2.32. The van der Waals surface area contributed by atoms with Crippen molar-refractivity contribution in [2.45, 2.75) is 0 Å². The molecule has 0 aliphatic rings. The maximum atomic E-state index is 11.8. The summed E-state index contributed by atoms with van der Waals surface area (Å²) in [6.07, 6.45) is 1.64. The number of aromatic amines is 1. The van der Waals surface area contributed by atoms with Gasteiger partial charge in [-0.15, -0.1) is 0 Å². The van der Waals surface area contributed by atoms with Crippen LogP contribution in [0.4, 0.5) is 0 Å². The molecule has 0 fully saturated rings. The standard InChI is InChI=1S/C21H13N3O5/c22-10-15-19(26)18-16(23-20(15)27)7-8-24(18)13-4-1-11(2-5-13)14-9-12(21(28)29)3-6-17(14)25/h1-9,25H,(H,28,29)(H2,23,26,27). The van der Waals surface area contributed by atoms with E-state index < -0.39 is 17.3 Å². The third-order valence-corrected chi connectivity index (χ3v) is 4.63. The Morgan fingerprint density at radius 2 is 1.79 bits per heavy atom. The Bertz CT molecular complexity index is 1370. The van der Waals surface area contributed by atoms with Crippen molar-refractivity contribution in [3.8, 4) is 34.4 Å². The summed E-state index contributed by atoms with van der Waals surface area (Å²) in [6.45, 7) is 0. The molecular formula is C21H13N3O5. The molecule has 29 heavy (non-hydrogen) atoms. The molecule has 8 nitrogen and oxygen atoms in total. The monoisotopic (exact) mass is 387 g/mol. The third kappa shape index (κ3) is 2.87. The van der Waals surface area contributed by atoms with Crippen LogP contribution in [0.5, 0.6) is 11.5 Å². The number of aromatic carboxylic acids is 1. The Morgan fingerprint density at radius 1 is 1.07 bits per heavy atom. The molecule has 0 amide bonds. The van der Waals surface area contributed by atoms with Crippen LogP contribution in [0.25, 0.3) is 27.8 Å². The predicted octanol–water partition coefficient (Wildman–Crippen LogP) is 2.97. The van der Waals surface area contributed by atoms with Crippen molar-refractivity contribution in [2.24, 2.45) is 0 Å². The van der Waals surface area contributed by atoms with Gasteiger partial charge in [0.05, 0.1) is 11.1 Å². The lowest BCUT2D eigenvalue weighted by molar-refractivity contribution is 0.0697. The van der Waals surface area contributed by atoms with Gasteiger partial charge in [-0.2, -0.15) is 5.26 Å². The van der Waals surface area contributed by atoms with Gasteiger partial charge in [-0.05, 0) is 42.0 Å². The van der Waals surface area contributed by atoms with Crippen molar-refractivity contribution in [2.75, 3.05) is 0 Å². The van der Waals surface area contributed by atoms with Gasteiger partial charge in [0.2, 0.25) is 0 Å². The number of phenols is 1. The average Bonchev–Trinajstić information content (AvgIpc) is 3.12. The molecule has 4 N–H and O–H groups in total. The van der Waals surface area contributed by atoms with Crippen LogP contribution in [-0.2, 0) is 0 Å². The Hall–Kier alpha value is -4.51. The van der Waals surface area contributed by atoms with Crippen LogP contribution in [0, 0.1) is 11.3 Å². The summed E-state index contributed by atoms with van der Waals surface area (Å²) in [4.78, 5) is 25.6. The highest BCUT2D eigenvalue weighted by atomic mass is 16.4. The van der Waals surface area contributed by atoms with E-state index in [1.807, 2.05) is 0 Å². The number of hydrogen-bond donors (Lipinski definition) is 4. The van der Waals surface area contributed by atoms with Crippen LogP contribution >= 0.6 is 0 Å². The quantitative estimate of drug-likeness (QED) is 0.426. The van der Waals surface area contributed by atoms with E-state index in [9.17, 15) is 19.8 Å². The zero-order valence-corrected chi connectivity index (χ0v) is 14.7. The molecule has 0 bridgehead atoms. The molecule has 0 saturated carbocycles. The van der Waals surface area contributed by atoms with Crippen molar-refractivity contribution >= 4 is 17.0 Å². The smallest absolute Gasteiger partial charge is 0.335 e. The van der Waals surface area contributed by atoms with Gasteiger partial charge in [-0.25, -0.2) is 4.79 Å². The molecule has 0 atom stereocenters. The van der Waals surface area contributed by atoms with Gasteiger partial charge >= 0.3 is 5.97 Å². The molecule has 2 heterocycles. The number of nitrogens with one attached hydrogen (secondary N) is 1. The number of carbonyl (C=O) groups is 1. The zero-order valence-electron chi connectivity index (χ0n) is 14.7. The summed E-state index contributed by atoms with van der Waals surface area (Å²) in [6, 6.07) is 14.1. The molecule has 4 rings (SSSR count). The van der Waals surface area contributed by atoms with Gasteiger partial charge in [0.25, 0.3) is 5.56 Å². The molecule has 0 saturated heterocycles. The number of H-pyrrole nitrogens is 1. The Balaban J connectivity index is 1.82. The number of pyridine rings is 1. The zero-order chi connectivity index (χ0) is 20.7. The van der Waals surface area contributed by atoms with Crippen LogP contribution in [0.1, 0.15) is 15.9 Å². The summed E-state index contributed by atoms with van der Waals surface area (Å²) in [5.74, 6) is -1.56. The number of rotatable bonds is 3. The van der Waals surface area contributed by atoms with Crippen molar-refractivity contribution in [3.05, 3.63) is 76.2 Å². The number of nitrogens with zero attached hydrogens (tertiary/aromatic N) is 2. The second-order valence-corrected chi connectivity index (χ2v) is 6.32. The number of nitriles is 1. The lowest BCUT2D eigenvalue weighted by Gasteiger charge is -2.10. The van der Waals surface area contributed by atoms with Gasteiger partial charge in [0.15, 0.2) is 11.3 Å². The molecule has 8 heteroatoms. The number of carboxylic acid groups (broad SMARTS) is 1. The molecule has 0 unspecified atom stereocenters. The minimum absolute atomic E-state index is 0.0520. The number of phenolic OH excluding ortho intramolecular Hbond substituents is 1. The molecule has 0 aliphatic heterocycles. The second-order valence-electron chi connectivity index (χ2n) is 6.32. The Kier molecular flexibility index (Phi) is 4.06. The average molecular weight is 387 g/mol. The first-order valence-electron chi connectivity index (χ1n) is 8.44. The van der Waals surface area contributed by atoms with Gasteiger partial charge in [-0.3, -0.25) is 4.79 Å². The van der Waals surface area contributed by atoms with E-state index in [1.54, 1.807) is 47.2 Å². The highest BCUT2D eigenvalue weighted by Gasteiger charge is 2.16. The van der Waals surface area contributed by atoms with Gasteiger partial charge < -0.3 is 24.9 Å². The van der Waals surface area contributed by atoms with Crippen molar-refractivity contribution in [1.29, 1.82) is 5.26 Å². The topological polar surface area (TPSA) is 139 Å². The number of aromatic hydroxyl groups is 2. The minimum atomic E-state index is -1.10. The molecule has 0 aliphatic carbocycles. The summed E-state index contributed by atoms with van der Waals surface area (Å²) >= 11 is 0. The molecule has 2 aromatic carbocycles. The molecular weight excluding hydrogens is 374 g/mol. The first kappa shape index (κ1) is 17.9. The predicted molar refractivity (Wildman–Crippen MR) is 104 cm³/mol. The van der Waals surface area contributed by atoms with Crippen LogP contribution in [-0.4, -0.2) is 30.8 Å². The van der Waals surface area contributed by atoms with Crippen LogP contribution in [0.15, 0.2) is 59.5 Å². The largest absolute Gasteiger partial charge is 0.507 e. The van der Waals surface area contributed by atoms with Crippen molar-refractivity contribution in [1.82, 2.24) is 9.55 Å². The molecule has 4 aromatic rings. The summed E-state index contributed by atoms with van der Waals surface area (Å²) in [5, 5.41) is 38.7. The van der Waals surface area contributed by atoms with E-state index in [2.05, 4.69) is 4.98 Å². The first-order valence-corrected chi connectivity index (χ1v) is 8.44. The number of hydrogen-bond acceptors (Lipinski definition) is 5. The van der Waals surface area contributed by atoms with Crippen LogP contribution < -0.4 is 5.56 Å². The second kappa shape index (κ2) is 6.58. The van der Waals surface area contributed by atoms with Crippen LogP contribution in [0.2, 0.25) is 0 Å². The Labute approximate surface area is 163 Å². The fourth-order valence-electron chi connectivity index (χ4n) is 3.21. The Morgan fingerprint density at radius 3 is 2.45 bits per heavy atom. The lowest BCUT2D eigenvalue weighted by atomic mass is 10.0. The van der Waals surface area contributed by atoms with Gasteiger partial charge in [0, 0.05) is 17.4 Å². The van der Waals surface area contributed by atoms with E-state index in [-0.39, 0.29) is 22.4 Å². The van der Waals surface area contributed by atoms with Crippen molar-refractivity contribution in [3.63, 3.8) is 0 Å². The van der Waals surface area contributed by atoms with Gasteiger partial charge in [-0.1, -0.05) is 12.1 Å². The number of aromatic nitrogens is 2. The van der Waals surface area contributed by atoms with E-state index in [0.29, 0.717) is 22.3 Å². The normalized spacial score (nSPS) is 10.7. The number of fused-ring (bicyclic) bond motifs is 1. The summed E-state index contributed by atoms with van der Waals surface area (Å²) in [7, 11) is 0. The maximum Gasteiger partial charge on any atom is 0.335 e. The molecule has 0 radical (unpaired) electrons. The van der Waals surface area contributed by atoms with E-state index in [1.165, 1.54) is 18.2 Å². The molecule has 2 aromatic heterocycles. The minimum Gasteiger partial charge on any atom is -0.507 e.